The molecule has 3 rings (SSSR count). The quantitative estimate of drug-likeness (QED) is 0.652. The van der Waals surface area contributed by atoms with Gasteiger partial charge in [0.15, 0.2) is 0 Å². The fourth-order valence-electron chi connectivity index (χ4n) is 1.78. The molecule has 1 aromatic carbocycles. The number of aryl methyl sites for hydroxylation is 1. The Labute approximate surface area is 86.7 Å². The first-order valence-electron chi connectivity index (χ1n) is 4.84. The van der Waals surface area contributed by atoms with Crippen molar-refractivity contribution < 1.29 is 4.52 Å². The molecule has 3 aromatic rings. The summed E-state index contributed by atoms with van der Waals surface area (Å²) in [6.07, 6.45) is 1.74. The summed E-state index contributed by atoms with van der Waals surface area (Å²) in [5.41, 5.74) is 3.20. The van der Waals surface area contributed by atoms with E-state index in [1.807, 2.05) is 19.1 Å². The Morgan fingerprint density at radius 2 is 2.13 bits per heavy atom. The van der Waals surface area contributed by atoms with Crippen LogP contribution in [-0.2, 0) is 0 Å². The molecule has 3 nitrogen and oxygen atoms in total. The summed E-state index contributed by atoms with van der Waals surface area (Å²) in [6.45, 7) is 1.91. The molecule has 2 heterocycles. The lowest BCUT2D eigenvalue weighted by Gasteiger charge is -1.90. The van der Waals surface area contributed by atoms with Gasteiger partial charge in [0.25, 0.3) is 0 Å². The van der Waals surface area contributed by atoms with E-state index in [0.29, 0.717) is 0 Å². The smallest absolute Gasteiger partial charge is 0.142 e. The van der Waals surface area contributed by atoms with Crippen LogP contribution in [0.4, 0.5) is 0 Å². The first kappa shape index (κ1) is 8.29. The predicted molar refractivity (Wildman–Crippen MR) is 58.5 cm³/mol. The molecule has 0 aliphatic heterocycles. The summed E-state index contributed by atoms with van der Waals surface area (Å²) in [4.78, 5) is 3.34. The third-order valence-electron chi connectivity index (χ3n) is 2.57. The second kappa shape index (κ2) is 2.98. The molecule has 0 aliphatic carbocycles. The number of H-pyrrole nitrogens is 1. The molecule has 0 saturated heterocycles. The molecule has 0 aliphatic rings. The summed E-state index contributed by atoms with van der Waals surface area (Å²) < 4.78 is 5.04. The molecule has 0 spiro atoms. The molecule has 0 unspecified atom stereocenters. The number of hydrogen-bond acceptors (Lipinski definition) is 2. The number of fused-ring (bicyclic) bond motifs is 1. The maximum atomic E-state index is 5.04. The number of rotatable bonds is 1. The molecule has 1 N–H and O–H groups in total. The molecule has 0 radical (unpaired) electrons. The minimum Gasteiger partial charge on any atom is -0.361 e. The molecular formula is C12H10N2O. The van der Waals surface area contributed by atoms with Crippen molar-refractivity contribution in [2.24, 2.45) is 0 Å². The van der Waals surface area contributed by atoms with Gasteiger partial charge in [0, 0.05) is 10.9 Å². The molecule has 0 saturated carbocycles. The van der Waals surface area contributed by atoms with Crippen molar-refractivity contribution in [3.8, 4) is 11.3 Å². The van der Waals surface area contributed by atoms with Crippen LogP contribution in [0.3, 0.4) is 0 Å². The highest BCUT2D eigenvalue weighted by Gasteiger charge is 2.08. The average Bonchev–Trinajstić information content (AvgIpc) is 2.82. The average molecular weight is 198 g/mol. The number of nitrogens with zero attached hydrogens (tertiary/aromatic N) is 1. The van der Waals surface area contributed by atoms with Crippen LogP contribution in [-0.4, -0.2) is 10.1 Å². The Bertz CT molecular complexity index is 574. The summed E-state index contributed by atoms with van der Waals surface area (Å²) in [6, 6.07) is 10.3. The Balaban J connectivity index is 2.24. The third kappa shape index (κ3) is 1.24. The number of aromatic amines is 1. The van der Waals surface area contributed by atoms with Crippen LogP contribution in [0.1, 0.15) is 5.76 Å². The predicted octanol–water partition coefficient (Wildman–Crippen LogP) is 3.13. The lowest BCUT2D eigenvalue weighted by molar-refractivity contribution is 0.398. The molecule has 0 fully saturated rings. The van der Waals surface area contributed by atoms with E-state index < -0.39 is 0 Å². The summed E-state index contributed by atoms with van der Waals surface area (Å²) >= 11 is 0. The highest BCUT2D eigenvalue weighted by molar-refractivity contribution is 5.85. The topological polar surface area (TPSA) is 41.8 Å². The fraction of sp³-hybridized carbons (Fsp3) is 0.0833. The van der Waals surface area contributed by atoms with E-state index in [1.165, 1.54) is 5.39 Å². The van der Waals surface area contributed by atoms with Crippen molar-refractivity contribution in [2.75, 3.05) is 0 Å². The summed E-state index contributed by atoms with van der Waals surface area (Å²) in [7, 11) is 0. The second-order valence-electron chi connectivity index (χ2n) is 3.57. The molecule has 0 amide bonds. The van der Waals surface area contributed by atoms with Crippen LogP contribution >= 0.6 is 0 Å². The molecule has 2 aromatic heterocycles. The van der Waals surface area contributed by atoms with Gasteiger partial charge in [0.05, 0.1) is 17.5 Å². The maximum absolute atomic E-state index is 5.04. The Morgan fingerprint density at radius 1 is 1.27 bits per heavy atom. The molecule has 15 heavy (non-hydrogen) atoms. The molecule has 0 bridgehead atoms. The van der Waals surface area contributed by atoms with E-state index in [1.54, 1.807) is 6.20 Å². The zero-order valence-electron chi connectivity index (χ0n) is 8.32. The summed E-state index contributed by atoms with van der Waals surface area (Å²) in [5.74, 6) is 0.835. The number of para-hydroxylation sites is 1. The van der Waals surface area contributed by atoms with Gasteiger partial charge in [0.2, 0.25) is 0 Å². The van der Waals surface area contributed by atoms with Crippen molar-refractivity contribution >= 4 is 10.9 Å². The lowest BCUT2D eigenvalue weighted by atomic mass is 10.2. The van der Waals surface area contributed by atoms with Crippen LogP contribution in [0.15, 0.2) is 41.1 Å². The van der Waals surface area contributed by atoms with Crippen LogP contribution < -0.4 is 0 Å². The molecule has 74 valence electrons. The first-order valence-corrected chi connectivity index (χ1v) is 4.84. The van der Waals surface area contributed by atoms with Gasteiger partial charge in [-0.3, -0.25) is 0 Å². The molecule has 0 atom stereocenters. The second-order valence-corrected chi connectivity index (χ2v) is 3.57. The van der Waals surface area contributed by atoms with E-state index in [-0.39, 0.29) is 0 Å². The van der Waals surface area contributed by atoms with Gasteiger partial charge in [-0.15, -0.1) is 0 Å². The third-order valence-corrected chi connectivity index (χ3v) is 2.57. The van der Waals surface area contributed by atoms with Gasteiger partial charge in [0.1, 0.15) is 5.76 Å². The summed E-state index contributed by atoms with van der Waals surface area (Å²) in [5, 5.41) is 4.98. The maximum Gasteiger partial charge on any atom is 0.142 e. The number of hydrogen-bond donors (Lipinski definition) is 1. The number of nitrogens with one attached hydrogen (secondary N) is 1. The van der Waals surface area contributed by atoms with Gasteiger partial charge in [-0.05, 0) is 19.1 Å². The number of benzene rings is 1. The van der Waals surface area contributed by atoms with Gasteiger partial charge in [-0.1, -0.05) is 23.4 Å². The van der Waals surface area contributed by atoms with Crippen molar-refractivity contribution in [3.05, 3.63) is 42.3 Å². The van der Waals surface area contributed by atoms with Crippen molar-refractivity contribution in [1.82, 2.24) is 10.1 Å². The van der Waals surface area contributed by atoms with Crippen LogP contribution in [0, 0.1) is 6.92 Å². The van der Waals surface area contributed by atoms with Gasteiger partial charge in [-0.25, -0.2) is 0 Å². The lowest BCUT2D eigenvalue weighted by Crippen LogP contribution is -1.75. The Kier molecular flexibility index (Phi) is 1.65. The van der Waals surface area contributed by atoms with Gasteiger partial charge >= 0.3 is 0 Å². The Hall–Kier alpha value is -2.03. The van der Waals surface area contributed by atoms with Crippen molar-refractivity contribution in [1.29, 1.82) is 0 Å². The fourth-order valence-corrected chi connectivity index (χ4v) is 1.78. The molecule has 3 heteroatoms. The van der Waals surface area contributed by atoms with Crippen LogP contribution in [0.2, 0.25) is 0 Å². The van der Waals surface area contributed by atoms with E-state index in [2.05, 4.69) is 28.3 Å². The zero-order chi connectivity index (χ0) is 10.3. The van der Waals surface area contributed by atoms with Crippen LogP contribution in [0.5, 0.6) is 0 Å². The van der Waals surface area contributed by atoms with Crippen molar-refractivity contribution in [3.63, 3.8) is 0 Å². The SMILES string of the molecule is Cc1oncc1-c1cc2ccccc2[nH]1. The highest BCUT2D eigenvalue weighted by atomic mass is 16.5. The van der Waals surface area contributed by atoms with Gasteiger partial charge < -0.3 is 9.51 Å². The van der Waals surface area contributed by atoms with E-state index in [9.17, 15) is 0 Å². The Morgan fingerprint density at radius 3 is 2.87 bits per heavy atom. The highest BCUT2D eigenvalue weighted by Crippen LogP contribution is 2.25. The monoisotopic (exact) mass is 198 g/mol. The van der Waals surface area contributed by atoms with E-state index in [0.717, 1.165) is 22.5 Å². The largest absolute Gasteiger partial charge is 0.361 e. The first-order chi connectivity index (χ1) is 7.34. The normalized spacial score (nSPS) is 11.0. The minimum atomic E-state index is 0.835. The van der Waals surface area contributed by atoms with Crippen LogP contribution in [0.25, 0.3) is 22.2 Å². The van der Waals surface area contributed by atoms with E-state index >= 15 is 0 Å². The standard InChI is InChI=1S/C12H10N2O/c1-8-10(7-13-15-8)12-6-9-4-2-3-5-11(9)14-12/h2-7,14H,1H3. The minimum absolute atomic E-state index is 0.835. The molecular weight excluding hydrogens is 188 g/mol. The van der Waals surface area contributed by atoms with Gasteiger partial charge in [-0.2, -0.15) is 0 Å². The van der Waals surface area contributed by atoms with Crippen molar-refractivity contribution in [2.45, 2.75) is 6.92 Å². The number of aromatic nitrogens is 2. The van der Waals surface area contributed by atoms with E-state index in [4.69, 9.17) is 4.52 Å². The zero-order valence-corrected chi connectivity index (χ0v) is 8.32.